The first-order valence-electron chi connectivity index (χ1n) is 9.43. The van der Waals surface area contributed by atoms with E-state index in [1.54, 1.807) is 20.4 Å². The topological polar surface area (TPSA) is 52.1 Å². The Labute approximate surface area is 171 Å². The van der Waals surface area contributed by atoms with E-state index in [1.807, 2.05) is 42.5 Å². The van der Waals surface area contributed by atoms with Crippen molar-refractivity contribution in [3.63, 3.8) is 0 Å². The summed E-state index contributed by atoms with van der Waals surface area (Å²) in [6.07, 6.45) is 1.78. The number of rotatable bonds is 9. The lowest BCUT2D eigenvalue weighted by atomic mass is 10.2. The fourth-order valence-electron chi connectivity index (χ4n) is 2.75. The Balaban J connectivity index is 1.48. The summed E-state index contributed by atoms with van der Waals surface area (Å²) in [6.45, 7) is 3.23. The Morgan fingerprint density at radius 3 is 2.21 bits per heavy atom. The molecule has 0 aliphatic carbocycles. The summed E-state index contributed by atoms with van der Waals surface area (Å²) < 4.78 is 16.4. The van der Waals surface area contributed by atoms with Crippen LogP contribution in [0.3, 0.4) is 0 Å². The standard InChI is InChI=1S/C24H26N2O3/c1-18-4-6-20(7-5-18)17-29-22-11-8-19(9-12-22)15-25-26-16-21-10-13-23(27-2)24(14-21)28-3/h4-15,26H,16-17H2,1-3H3/b25-15-. The third-order valence-corrected chi connectivity index (χ3v) is 4.44. The highest BCUT2D eigenvalue weighted by molar-refractivity contribution is 5.79. The highest BCUT2D eigenvalue weighted by Crippen LogP contribution is 2.27. The summed E-state index contributed by atoms with van der Waals surface area (Å²) in [5.74, 6) is 2.25. The minimum absolute atomic E-state index is 0.556. The first-order valence-corrected chi connectivity index (χ1v) is 9.43. The molecule has 0 aliphatic heterocycles. The Morgan fingerprint density at radius 2 is 1.52 bits per heavy atom. The van der Waals surface area contributed by atoms with E-state index in [-0.39, 0.29) is 0 Å². The van der Waals surface area contributed by atoms with E-state index in [0.717, 1.165) is 22.4 Å². The Morgan fingerprint density at radius 1 is 0.828 bits per heavy atom. The number of ether oxygens (including phenoxy) is 3. The van der Waals surface area contributed by atoms with Crippen molar-refractivity contribution in [1.29, 1.82) is 0 Å². The van der Waals surface area contributed by atoms with Crippen molar-refractivity contribution >= 4 is 6.21 Å². The van der Waals surface area contributed by atoms with Gasteiger partial charge >= 0.3 is 0 Å². The maximum atomic E-state index is 5.83. The van der Waals surface area contributed by atoms with Crippen molar-refractivity contribution in [2.45, 2.75) is 20.1 Å². The van der Waals surface area contributed by atoms with Gasteiger partial charge in [-0.1, -0.05) is 35.9 Å². The minimum atomic E-state index is 0.556. The van der Waals surface area contributed by atoms with E-state index in [4.69, 9.17) is 14.2 Å². The van der Waals surface area contributed by atoms with Crippen molar-refractivity contribution in [2.75, 3.05) is 14.2 Å². The molecule has 5 heteroatoms. The molecule has 150 valence electrons. The number of hydrogen-bond acceptors (Lipinski definition) is 5. The summed E-state index contributed by atoms with van der Waals surface area (Å²) in [6, 6.07) is 22.0. The van der Waals surface area contributed by atoms with Gasteiger partial charge in [-0.05, 0) is 60.0 Å². The fourth-order valence-corrected chi connectivity index (χ4v) is 2.75. The second-order valence-corrected chi connectivity index (χ2v) is 6.63. The largest absolute Gasteiger partial charge is 0.493 e. The maximum absolute atomic E-state index is 5.83. The molecule has 3 aromatic rings. The molecule has 29 heavy (non-hydrogen) atoms. The number of nitrogens with zero attached hydrogens (tertiary/aromatic N) is 1. The number of methoxy groups -OCH3 is 2. The van der Waals surface area contributed by atoms with Crippen LogP contribution < -0.4 is 19.6 Å². The summed E-state index contributed by atoms with van der Waals surface area (Å²) in [5, 5.41) is 4.28. The maximum Gasteiger partial charge on any atom is 0.161 e. The van der Waals surface area contributed by atoms with Gasteiger partial charge in [0.05, 0.1) is 27.0 Å². The lowest BCUT2D eigenvalue weighted by Crippen LogP contribution is -2.06. The van der Waals surface area contributed by atoms with Gasteiger partial charge in [0.1, 0.15) is 12.4 Å². The molecule has 1 N–H and O–H groups in total. The normalized spacial score (nSPS) is 10.7. The SMILES string of the molecule is COc1ccc(CN/N=C\c2ccc(OCc3ccc(C)cc3)cc2)cc1OC. The van der Waals surface area contributed by atoms with Gasteiger partial charge in [0.2, 0.25) is 0 Å². The predicted octanol–water partition coefficient (Wildman–Crippen LogP) is 4.71. The molecular weight excluding hydrogens is 364 g/mol. The van der Waals surface area contributed by atoms with E-state index >= 15 is 0 Å². The Hall–Kier alpha value is -3.47. The van der Waals surface area contributed by atoms with Crippen molar-refractivity contribution in [3.05, 3.63) is 89.0 Å². The molecule has 0 aromatic heterocycles. The third-order valence-electron chi connectivity index (χ3n) is 4.44. The molecule has 0 aliphatic rings. The van der Waals surface area contributed by atoms with Crippen LogP contribution in [0.5, 0.6) is 17.2 Å². The average Bonchev–Trinajstić information content (AvgIpc) is 2.77. The number of nitrogens with one attached hydrogen (secondary N) is 1. The van der Waals surface area contributed by atoms with Gasteiger partial charge in [-0.2, -0.15) is 5.10 Å². The molecule has 5 nitrogen and oxygen atoms in total. The van der Waals surface area contributed by atoms with Crippen LogP contribution in [0.4, 0.5) is 0 Å². The monoisotopic (exact) mass is 390 g/mol. The molecule has 0 bridgehead atoms. The van der Waals surface area contributed by atoms with Gasteiger partial charge in [0, 0.05) is 0 Å². The van der Waals surface area contributed by atoms with Crippen LogP contribution in [-0.4, -0.2) is 20.4 Å². The zero-order chi connectivity index (χ0) is 20.5. The molecule has 0 atom stereocenters. The van der Waals surface area contributed by atoms with Gasteiger partial charge in [0.25, 0.3) is 0 Å². The van der Waals surface area contributed by atoms with Crippen molar-refractivity contribution in [2.24, 2.45) is 5.10 Å². The van der Waals surface area contributed by atoms with Gasteiger partial charge in [-0.3, -0.25) is 0 Å². The first kappa shape index (κ1) is 20.3. The van der Waals surface area contributed by atoms with E-state index < -0.39 is 0 Å². The molecule has 0 fully saturated rings. The van der Waals surface area contributed by atoms with E-state index in [0.29, 0.717) is 24.7 Å². The van der Waals surface area contributed by atoms with Crippen molar-refractivity contribution < 1.29 is 14.2 Å². The Kier molecular flexibility index (Phi) is 7.11. The second-order valence-electron chi connectivity index (χ2n) is 6.63. The molecule has 0 radical (unpaired) electrons. The lowest BCUT2D eigenvalue weighted by Gasteiger charge is -2.09. The first-order chi connectivity index (χ1) is 14.2. The molecular formula is C24H26N2O3. The van der Waals surface area contributed by atoms with Crippen molar-refractivity contribution in [1.82, 2.24) is 5.43 Å². The van der Waals surface area contributed by atoms with Crippen LogP contribution in [0.15, 0.2) is 71.8 Å². The third kappa shape index (κ3) is 6.01. The van der Waals surface area contributed by atoms with Crippen LogP contribution >= 0.6 is 0 Å². The number of hydrazone groups is 1. The molecule has 0 heterocycles. The molecule has 0 spiro atoms. The summed E-state index contributed by atoms with van der Waals surface area (Å²) in [5.41, 5.74) is 7.50. The smallest absolute Gasteiger partial charge is 0.161 e. The zero-order valence-electron chi connectivity index (χ0n) is 17.0. The molecule has 0 saturated heterocycles. The van der Waals surface area contributed by atoms with Crippen molar-refractivity contribution in [3.8, 4) is 17.2 Å². The second kappa shape index (κ2) is 10.2. The van der Waals surface area contributed by atoms with Crippen LogP contribution in [0.2, 0.25) is 0 Å². The number of benzene rings is 3. The van der Waals surface area contributed by atoms with Crippen LogP contribution in [0, 0.1) is 6.92 Å². The highest BCUT2D eigenvalue weighted by atomic mass is 16.5. The van der Waals surface area contributed by atoms with Crippen LogP contribution in [0.1, 0.15) is 22.3 Å². The van der Waals surface area contributed by atoms with Gasteiger partial charge in [0.15, 0.2) is 11.5 Å². The van der Waals surface area contributed by atoms with Gasteiger partial charge < -0.3 is 19.6 Å². The fraction of sp³-hybridized carbons (Fsp3) is 0.208. The molecule has 0 saturated carbocycles. The summed E-state index contributed by atoms with van der Waals surface area (Å²) in [4.78, 5) is 0. The molecule has 3 rings (SSSR count). The average molecular weight is 390 g/mol. The van der Waals surface area contributed by atoms with E-state index in [1.165, 1.54) is 5.56 Å². The highest BCUT2D eigenvalue weighted by Gasteiger charge is 2.03. The quantitative estimate of drug-likeness (QED) is 0.424. The van der Waals surface area contributed by atoms with Gasteiger partial charge in [-0.25, -0.2) is 0 Å². The van der Waals surface area contributed by atoms with Crippen LogP contribution in [0.25, 0.3) is 0 Å². The molecule has 0 amide bonds. The van der Waals surface area contributed by atoms with Gasteiger partial charge in [-0.15, -0.1) is 0 Å². The Bertz CT molecular complexity index is 935. The minimum Gasteiger partial charge on any atom is -0.493 e. The molecule has 3 aromatic carbocycles. The van der Waals surface area contributed by atoms with E-state index in [2.05, 4.69) is 41.7 Å². The lowest BCUT2D eigenvalue weighted by molar-refractivity contribution is 0.306. The summed E-state index contributed by atoms with van der Waals surface area (Å²) in [7, 11) is 3.25. The number of aryl methyl sites for hydroxylation is 1. The van der Waals surface area contributed by atoms with Crippen LogP contribution in [-0.2, 0) is 13.2 Å². The predicted molar refractivity (Wildman–Crippen MR) is 116 cm³/mol. The molecule has 0 unspecified atom stereocenters. The zero-order valence-corrected chi connectivity index (χ0v) is 17.0. The van der Waals surface area contributed by atoms with E-state index in [9.17, 15) is 0 Å². The summed E-state index contributed by atoms with van der Waals surface area (Å²) >= 11 is 0. The number of hydrogen-bond donors (Lipinski definition) is 1.